The van der Waals surface area contributed by atoms with Crippen molar-refractivity contribution < 1.29 is 4.79 Å². The number of nitrogens with two attached hydrogens (primary N) is 1. The van der Waals surface area contributed by atoms with E-state index in [0.717, 1.165) is 12.0 Å². The van der Waals surface area contributed by atoms with E-state index >= 15 is 0 Å². The molecule has 106 valence electrons. The molecule has 0 bridgehead atoms. The van der Waals surface area contributed by atoms with E-state index in [1.54, 1.807) is 0 Å². The summed E-state index contributed by atoms with van der Waals surface area (Å²) >= 11 is 0. The lowest BCUT2D eigenvalue weighted by Gasteiger charge is -2.06. The van der Waals surface area contributed by atoms with Gasteiger partial charge in [-0.25, -0.2) is 0 Å². The fraction of sp³-hybridized carbons (Fsp3) is 0.278. The molecule has 0 unspecified atom stereocenters. The summed E-state index contributed by atoms with van der Waals surface area (Å²) in [7, 11) is 0. The molecule has 0 spiro atoms. The van der Waals surface area contributed by atoms with Crippen molar-refractivity contribution in [3.8, 4) is 0 Å². The van der Waals surface area contributed by atoms with Crippen LogP contribution in [0, 0.1) is 0 Å². The van der Waals surface area contributed by atoms with Crippen molar-refractivity contribution in [1.29, 1.82) is 0 Å². The van der Waals surface area contributed by atoms with Gasteiger partial charge >= 0.3 is 0 Å². The molecule has 0 aromatic heterocycles. The van der Waals surface area contributed by atoms with Gasteiger partial charge in [-0.2, -0.15) is 0 Å². The molecule has 20 heavy (non-hydrogen) atoms. The lowest BCUT2D eigenvalue weighted by molar-refractivity contribution is 0.0988. The Morgan fingerprint density at radius 1 is 0.950 bits per heavy atom. The van der Waals surface area contributed by atoms with Gasteiger partial charge in [0.1, 0.15) is 0 Å². The topological polar surface area (TPSA) is 43.1 Å². The predicted molar refractivity (Wildman–Crippen MR) is 84.7 cm³/mol. The van der Waals surface area contributed by atoms with Gasteiger partial charge in [-0.15, -0.1) is 0 Å². The van der Waals surface area contributed by atoms with Gasteiger partial charge in [0.2, 0.25) is 0 Å². The fourth-order valence-electron chi connectivity index (χ4n) is 1.76. The van der Waals surface area contributed by atoms with Gasteiger partial charge in [-0.3, -0.25) is 4.79 Å². The minimum Gasteiger partial charge on any atom is -0.324 e. The Kier molecular flexibility index (Phi) is 7.30. The summed E-state index contributed by atoms with van der Waals surface area (Å²) in [6.07, 6.45) is 1.59. The van der Waals surface area contributed by atoms with Crippen molar-refractivity contribution >= 4 is 5.78 Å². The summed E-state index contributed by atoms with van der Waals surface area (Å²) in [6, 6.07) is 19.7. The maximum atomic E-state index is 11.0. The van der Waals surface area contributed by atoms with Gasteiger partial charge in [0.25, 0.3) is 0 Å². The number of hydrogen-bond donors (Lipinski definition) is 1. The Morgan fingerprint density at radius 3 is 1.90 bits per heavy atom. The molecule has 0 aliphatic carbocycles. The predicted octanol–water partition coefficient (Wildman–Crippen LogP) is 4.38. The van der Waals surface area contributed by atoms with Crippen LogP contribution in [0.1, 0.15) is 48.7 Å². The van der Waals surface area contributed by atoms with Gasteiger partial charge in [-0.1, -0.05) is 74.5 Å². The van der Waals surface area contributed by atoms with Gasteiger partial charge in [0.15, 0.2) is 5.78 Å². The molecule has 0 aliphatic rings. The van der Waals surface area contributed by atoms with Gasteiger partial charge in [-0.05, 0) is 12.0 Å². The maximum absolute atomic E-state index is 11.0. The molecule has 0 saturated heterocycles. The molecule has 2 aromatic carbocycles. The normalized spacial score (nSPS) is 11.2. The van der Waals surface area contributed by atoms with E-state index < -0.39 is 0 Å². The monoisotopic (exact) mass is 269 g/mol. The highest BCUT2D eigenvalue weighted by molar-refractivity contribution is 5.95. The first kappa shape index (κ1) is 16.1. The highest BCUT2D eigenvalue weighted by Gasteiger charge is 1.99. The number of carbonyl (C=O) groups excluding carboxylic acids is 1. The standard InChI is InChI=1S/C9H13N.C9H10O/c2*1-2-9(10)8-6-4-3-5-7-8/h3-7,9H,2,10H2,1H3;3-7H,2H2,1H3/t9-;/m0./s1. The second-order valence-electron chi connectivity index (χ2n) is 4.57. The van der Waals surface area contributed by atoms with Crippen LogP contribution in [0.4, 0.5) is 0 Å². The summed E-state index contributed by atoms with van der Waals surface area (Å²) in [4.78, 5) is 11.0. The first-order chi connectivity index (χ1) is 9.69. The van der Waals surface area contributed by atoms with E-state index in [9.17, 15) is 4.79 Å². The van der Waals surface area contributed by atoms with E-state index in [4.69, 9.17) is 5.73 Å². The van der Waals surface area contributed by atoms with Crippen LogP contribution in [0.25, 0.3) is 0 Å². The van der Waals surface area contributed by atoms with Crippen molar-refractivity contribution in [2.45, 2.75) is 32.7 Å². The molecular weight excluding hydrogens is 246 g/mol. The highest BCUT2D eigenvalue weighted by Crippen LogP contribution is 2.11. The average Bonchev–Trinajstić information content (AvgIpc) is 2.55. The number of benzene rings is 2. The molecule has 0 aliphatic heterocycles. The SMILES string of the molecule is CCC(=O)c1ccccc1.CC[C@H](N)c1ccccc1. The second kappa shape index (κ2) is 9.05. The molecule has 2 heteroatoms. The van der Waals surface area contributed by atoms with Crippen LogP contribution in [0.3, 0.4) is 0 Å². The van der Waals surface area contributed by atoms with Crippen LogP contribution < -0.4 is 5.73 Å². The maximum Gasteiger partial charge on any atom is 0.162 e. The zero-order valence-electron chi connectivity index (χ0n) is 12.3. The Labute approximate surface area is 121 Å². The van der Waals surface area contributed by atoms with Gasteiger partial charge in [0, 0.05) is 18.0 Å². The molecule has 0 heterocycles. The van der Waals surface area contributed by atoms with E-state index in [2.05, 4.69) is 19.1 Å². The van der Waals surface area contributed by atoms with E-state index in [1.807, 2.05) is 55.5 Å². The van der Waals surface area contributed by atoms with Crippen LogP contribution in [-0.4, -0.2) is 5.78 Å². The lowest BCUT2D eigenvalue weighted by atomic mass is 10.1. The summed E-state index contributed by atoms with van der Waals surface area (Å²) in [6.45, 7) is 3.97. The summed E-state index contributed by atoms with van der Waals surface area (Å²) in [5, 5.41) is 0. The van der Waals surface area contributed by atoms with Gasteiger partial charge in [0.05, 0.1) is 0 Å². The van der Waals surface area contributed by atoms with E-state index in [0.29, 0.717) is 6.42 Å². The number of carbonyl (C=O) groups is 1. The lowest BCUT2D eigenvalue weighted by Crippen LogP contribution is -2.07. The van der Waals surface area contributed by atoms with Crippen molar-refractivity contribution in [3.63, 3.8) is 0 Å². The molecule has 2 rings (SSSR count). The zero-order chi connectivity index (χ0) is 14.8. The van der Waals surface area contributed by atoms with Crippen molar-refractivity contribution in [2.24, 2.45) is 5.73 Å². The van der Waals surface area contributed by atoms with Crippen LogP contribution in [0.15, 0.2) is 60.7 Å². The van der Waals surface area contributed by atoms with Crippen LogP contribution in [-0.2, 0) is 0 Å². The minimum absolute atomic E-state index is 0.209. The highest BCUT2D eigenvalue weighted by atomic mass is 16.1. The summed E-state index contributed by atoms with van der Waals surface area (Å²) < 4.78 is 0. The van der Waals surface area contributed by atoms with Crippen LogP contribution >= 0.6 is 0 Å². The number of rotatable bonds is 4. The third-order valence-electron chi connectivity index (χ3n) is 3.08. The molecule has 0 radical (unpaired) electrons. The van der Waals surface area contributed by atoms with E-state index in [1.165, 1.54) is 5.56 Å². The molecule has 2 aromatic rings. The molecule has 0 amide bonds. The molecular formula is C18H23NO. The van der Waals surface area contributed by atoms with Crippen molar-refractivity contribution in [3.05, 3.63) is 71.8 Å². The molecule has 0 saturated carbocycles. The largest absolute Gasteiger partial charge is 0.324 e. The first-order valence-corrected chi connectivity index (χ1v) is 7.07. The van der Waals surface area contributed by atoms with Crippen LogP contribution in [0.5, 0.6) is 0 Å². The summed E-state index contributed by atoms with van der Waals surface area (Å²) in [5.41, 5.74) is 7.83. The molecule has 2 N–H and O–H groups in total. The molecule has 2 nitrogen and oxygen atoms in total. The molecule has 1 atom stereocenters. The smallest absolute Gasteiger partial charge is 0.162 e. The van der Waals surface area contributed by atoms with Crippen LogP contribution in [0.2, 0.25) is 0 Å². The molecule has 0 fully saturated rings. The third kappa shape index (κ3) is 5.37. The number of hydrogen-bond acceptors (Lipinski definition) is 2. The minimum atomic E-state index is 0.209. The van der Waals surface area contributed by atoms with Crippen molar-refractivity contribution in [1.82, 2.24) is 0 Å². The average molecular weight is 269 g/mol. The Bertz CT molecular complexity index is 493. The first-order valence-electron chi connectivity index (χ1n) is 7.07. The van der Waals surface area contributed by atoms with Crippen molar-refractivity contribution in [2.75, 3.05) is 0 Å². The summed E-state index contributed by atoms with van der Waals surface area (Å²) in [5.74, 6) is 0.209. The quantitative estimate of drug-likeness (QED) is 0.837. The Hall–Kier alpha value is -1.93. The van der Waals surface area contributed by atoms with E-state index in [-0.39, 0.29) is 11.8 Å². The number of ketones is 1. The fourth-order valence-corrected chi connectivity index (χ4v) is 1.76. The second-order valence-corrected chi connectivity index (χ2v) is 4.57. The Balaban J connectivity index is 0.000000200. The number of Topliss-reactive ketones (excluding diaryl/α,β-unsaturated/α-hetero) is 1. The Morgan fingerprint density at radius 2 is 1.45 bits per heavy atom. The van der Waals surface area contributed by atoms with Gasteiger partial charge < -0.3 is 5.73 Å². The zero-order valence-corrected chi connectivity index (χ0v) is 12.3. The third-order valence-corrected chi connectivity index (χ3v) is 3.08.